The van der Waals surface area contributed by atoms with E-state index >= 15 is 0 Å². The van der Waals surface area contributed by atoms with Crippen molar-refractivity contribution in [2.75, 3.05) is 23.7 Å². The van der Waals surface area contributed by atoms with Crippen LogP contribution < -0.4 is 16.2 Å². The number of nitrogens with one attached hydrogen (secondary N) is 2. The standard InChI is InChI=1S/C33H35N5O3S/c1-21-25(10-8-11-26(21)36-31(39)29-18-22-9-4-5-12-28(22)42-29)24-17-27(33(41)37(2)20-24)35-30-14-13-23(19-34-30)32(40)38-15-6-3-7-16-38/h8,10-11,13-14,17-20H,3-7,9,12,15-16H2,1-2H3,(H,34,35)(H,36,39). The van der Waals surface area contributed by atoms with E-state index in [4.69, 9.17) is 0 Å². The van der Waals surface area contributed by atoms with Crippen molar-refractivity contribution in [1.29, 1.82) is 0 Å². The van der Waals surface area contributed by atoms with Gasteiger partial charge in [-0.15, -0.1) is 11.3 Å². The summed E-state index contributed by atoms with van der Waals surface area (Å²) in [6.45, 7) is 3.53. The summed E-state index contributed by atoms with van der Waals surface area (Å²) in [6.07, 6.45) is 11.1. The average molecular weight is 582 g/mol. The van der Waals surface area contributed by atoms with Gasteiger partial charge in [-0.05, 0) is 98.9 Å². The minimum Gasteiger partial charge on any atom is -0.339 e. The monoisotopic (exact) mass is 581 g/mol. The number of aryl methyl sites for hydroxylation is 3. The second kappa shape index (κ2) is 11.9. The molecule has 0 saturated carbocycles. The van der Waals surface area contributed by atoms with Crippen molar-refractivity contribution < 1.29 is 9.59 Å². The maximum atomic E-state index is 13.2. The summed E-state index contributed by atoms with van der Waals surface area (Å²) in [5, 5.41) is 6.25. The van der Waals surface area contributed by atoms with Crippen LogP contribution in [0.15, 0.2) is 59.7 Å². The molecule has 8 nitrogen and oxygen atoms in total. The lowest BCUT2D eigenvalue weighted by Gasteiger charge is -2.26. The number of hydrogen-bond acceptors (Lipinski definition) is 6. The molecule has 0 bridgehead atoms. The molecule has 6 rings (SSSR count). The third-order valence-electron chi connectivity index (χ3n) is 8.21. The van der Waals surface area contributed by atoms with Crippen molar-refractivity contribution >= 4 is 40.3 Å². The average Bonchev–Trinajstić information content (AvgIpc) is 3.46. The number of piperidine rings is 1. The summed E-state index contributed by atoms with van der Waals surface area (Å²) in [4.78, 5) is 47.4. The van der Waals surface area contributed by atoms with E-state index in [1.807, 2.05) is 36.1 Å². The molecule has 0 spiro atoms. The number of hydrogen-bond donors (Lipinski definition) is 2. The smallest absolute Gasteiger partial charge is 0.274 e. The van der Waals surface area contributed by atoms with Crippen LogP contribution in [0.3, 0.4) is 0 Å². The Balaban J connectivity index is 1.22. The summed E-state index contributed by atoms with van der Waals surface area (Å²) < 4.78 is 1.53. The minimum atomic E-state index is -0.196. The summed E-state index contributed by atoms with van der Waals surface area (Å²) in [5.74, 6) is 0.384. The number of benzene rings is 1. The molecule has 0 unspecified atom stereocenters. The number of anilines is 3. The van der Waals surface area contributed by atoms with Gasteiger partial charge in [-0.2, -0.15) is 0 Å². The predicted octanol–water partition coefficient (Wildman–Crippen LogP) is 6.32. The quantitative estimate of drug-likeness (QED) is 0.278. The van der Waals surface area contributed by atoms with Gasteiger partial charge in [-0.1, -0.05) is 12.1 Å². The lowest BCUT2D eigenvalue weighted by Crippen LogP contribution is -2.35. The number of carbonyl (C=O) groups is 2. The molecule has 1 aliphatic heterocycles. The number of amides is 2. The van der Waals surface area contributed by atoms with Crippen LogP contribution in [0.4, 0.5) is 17.2 Å². The van der Waals surface area contributed by atoms with Crippen LogP contribution in [-0.4, -0.2) is 39.4 Å². The van der Waals surface area contributed by atoms with Gasteiger partial charge in [0, 0.05) is 48.7 Å². The van der Waals surface area contributed by atoms with E-state index in [0.29, 0.717) is 17.1 Å². The number of aromatic nitrogens is 2. The number of nitrogens with zero attached hydrogens (tertiary/aromatic N) is 3. The van der Waals surface area contributed by atoms with E-state index in [1.54, 1.807) is 49.0 Å². The van der Waals surface area contributed by atoms with Crippen molar-refractivity contribution in [2.24, 2.45) is 7.05 Å². The molecule has 1 saturated heterocycles. The van der Waals surface area contributed by atoms with Gasteiger partial charge in [0.25, 0.3) is 17.4 Å². The summed E-state index contributed by atoms with van der Waals surface area (Å²) in [7, 11) is 1.71. The topological polar surface area (TPSA) is 96.3 Å². The Kier molecular flexibility index (Phi) is 7.93. The summed E-state index contributed by atoms with van der Waals surface area (Å²) >= 11 is 1.60. The zero-order valence-corrected chi connectivity index (χ0v) is 24.9. The van der Waals surface area contributed by atoms with Crippen LogP contribution in [-0.2, 0) is 19.9 Å². The minimum absolute atomic E-state index is 0.00668. The first-order chi connectivity index (χ1) is 20.4. The van der Waals surface area contributed by atoms with E-state index in [-0.39, 0.29) is 17.4 Å². The van der Waals surface area contributed by atoms with E-state index in [0.717, 1.165) is 72.4 Å². The van der Waals surface area contributed by atoms with Gasteiger partial charge in [0.1, 0.15) is 11.5 Å². The van der Waals surface area contributed by atoms with Gasteiger partial charge in [0.05, 0.1) is 10.4 Å². The lowest BCUT2D eigenvalue weighted by atomic mass is 9.99. The SMILES string of the molecule is Cc1c(NC(=O)c2cc3c(s2)CCCC3)cccc1-c1cc(Nc2ccc(C(=O)N3CCCCC3)cn2)c(=O)n(C)c1. The third-order valence-corrected chi connectivity index (χ3v) is 9.45. The maximum Gasteiger partial charge on any atom is 0.274 e. The first-order valence-electron chi connectivity index (χ1n) is 14.6. The Hall–Kier alpha value is -4.24. The normalized spacial score (nSPS) is 14.8. The number of thiophene rings is 1. The van der Waals surface area contributed by atoms with Crippen molar-refractivity contribution in [2.45, 2.75) is 51.9 Å². The Labute approximate surface area is 249 Å². The van der Waals surface area contributed by atoms with Gasteiger partial charge >= 0.3 is 0 Å². The molecule has 0 radical (unpaired) electrons. The van der Waals surface area contributed by atoms with Crippen LogP contribution in [0, 0.1) is 6.92 Å². The highest BCUT2D eigenvalue weighted by Gasteiger charge is 2.20. The van der Waals surface area contributed by atoms with E-state index in [2.05, 4.69) is 15.6 Å². The highest BCUT2D eigenvalue weighted by atomic mass is 32.1. The number of rotatable bonds is 6. The van der Waals surface area contributed by atoms with Crippen LogP contribution in [0.1, 0.15) is 68.1 Å². The third kappa shape index (κ3) is 5.74. The van der Waals surface area contributed by atoms with Crippen molar-refractivity contribution in [3.63, 3.8) is 0 Å². The number of likely N-dealkylation sites (tertiary alicyclic amines) is 1. The first-order valence-corrected chi connectivity index (χ1v) is 15.4. The maximum absolute atomic E-state index is 13.2. The molecule has 1 aliphatic carbocycles. The molecule has 0 atom stereocenters. The Morgan fingerprint density at radius 1 is 0.952 bits per heavy atom. The fraction of sp³-hybridized carbons (Fsp3) is 0.333. The van der Waals surface area contributed by atoms with E-state index in [9.17, 15) is 14.4 Å². The first kappa shape index (κ1) is 27.9. The van der Waals surface area contributed by atoms with Crippen molar-refractivity contribution in [1.82, 2.24) is 14.5 Å². The highest BCUT2D eigenvalue weighted by molar-refractivity contribution is 7.14. The molecule has 2 amide bonds. The molecule has 2 N–H and O–H groups in total. The molecular weight excluding hydrogens is 546 g/mol. The fourth-order valence-corrected chi connectivity index (χ4v) is 6.98. The molecule has 2 aliphatic rings. The summed E-state index contributed by atoms with van der Waals surface area (Å²) in [6, 6.07) is 13.1. The summed E-state index contributed by atoms with van der Waals surface area (Å²) in [5.41, 5.74) is 5.42. The van der Waals surface area contributed by atoms with Crippen LogP contribution in [0.25, 0.3) is 11.1 Å². The molecule has 3 aromatic heterocycles. The van der Waals surface area contributed by atoms with Gasteiger partial charge in [0.2, 0.25) is 0 Å². The molecule has 4 heterocycles. The number of pyridine rings is 2. The second-order valence-corrected chi connectivity index (χ2v) is 12.3. The van der Waals surface area contributed by atoms with Gasteiger partial charge in [-0.25, -0.2) is 4.98 Å². The Morgan fingerprint density at radius 3 is 2.52 bits per heavy atom. The van der Waals surface area contributed by atoms with Crippen molar-refractivity contribution in [3.8, 4) is 11.1 Å². The Morgan fingerprint density at radius 2 is 1.76 bits per heavy atom. The molecular formula is C33H35N5O3S. The van der Waals surface area contributed by atoms with Gasteiger partial charge < -0.3 is 20.1 Å². The van der Waals surface area contributed by atoms with Crippen LogP contribution in [0.2, 0.25) is 0 Å². The molecule has 9 heteroatoms. The molecule has 216 valence electrons. The van der Waals surface area contributed by atoms with Crippen LogP contribution in [0.5, 0.6) is 0 Å². The number of fused-ring (bicyclic) bond motifs is 1. The zero-order chi connectivity index (χ0) is 29.2. The van der Waals surface area contributed by atoms with Crippen molar-refractivity contribution in [3.05, 3.63) is 91.7 Å². The van der Waals surface area contributed by atoms with E-state index < -0.39 is 0 Å². The molecule has 1 fully saturated rings. The largest absolute Gasteiger partial charge is 0.339 e. The number of carbonyl (C=O) groups excluding carboxylic acids is 2. The van der Waals surface area contributed by atoms with Crippen LogP contribution >= 0.6 is 11.3 Å². The van der Waals surface area contributed by atoms with E-state index in [1.165, 1.54) is 27.8 Å². The molecule has 1 aromatic carbocycles. The zero-order valence-electron chi connectivity index (χ0n) is 24.0. The predicted molar refractivity (Wildman–Crippen MR) is 168 cm³/mol. The molecule has 42 heavy (non-hydrogen) atoms. The second-order valence-electron chi connectivity index (χ2n) is 11.2. The molecule has 4 aromatic rings. The van der Waals surface area contributed by atoms with Gasteiger partial charge in [-0.3, -0.25) is 14.4 Å². The highest BCUT2D eigenvalue weighted by Crippen LogP contribution is 2.32. The lowest BCUT2D eigenvalue weighted by molar-refractivity contribution is 0.0723. The fourth-order valence-electron chi connectivity index (χ4n) is 5.83. The van der Waals surface area contributed by atoms with Gasteiger partial charge in [0.15, 0.2) is 0 Å². The Bertz CT molecular complexity index is 1680.